The molecule has 0 unspecified atom stereocenters. The standard InChI is InChI=1S/C23H34N4S/c1-5-11-27-14-16-12-21-19(18-9-8-10-20(27)22(16)18)13-17(15-25(21)4)24-23(28)26(6-2)7-3/h8-10,14,17,19,21H,5-7,11-13,15H2,1-4H3,(H,24,28)/t17-,19+,21+/m0/s1. The number of likely N-dealkylation sites (N-methyl/N-ethyl adjacent to an activating group) is 1. The molecule has 0 bridgehead atoms. The van der Waals surface area contributed by atoms with Crippen LogP contribution in [0.25, 0.3) is 10.9 Å². The Morgan fingerprint density at radius 2 is 2.04 bits per heavy atom. The van der Waals surface area contributed by atoms with Crippen LogP contribution in [0.15, 0.2) is 24.4 Å². The lowest BCUT2D eigenvalue weighted by Gasteiger charge is -2.46. The van der Waals surface area contributed by atoms with Crippen molar-refractivity contribution in [1.82, 2.24) is 19.7 Å². The number of hydrogen-bond donors (Lipinski definition) is 1. The molecule has 152 valence electrons. The number of benzene rings is 1. The molecular weight excluding hydrogens is 364 g/mol. The Kier molecular flexibility index (Phi) is 5.66. The number of aromatic nitrogens is 1. The number of nitrogens with zero attached hydrogens (tertiary/aromatic N) is 3. The first-order chi connectivity index (χ1) is 13.6. The van der Waals surface area contributed by atoms with Gasteiger partial charge in [-0.1, -0.05) is 19.1 Å². The highest BCUT2D eigenvalue weighted by molar-refractivity contribution is 7.80. The van der Waals surface area contributed by atoms with Crippen LogP contribution in [0.3, 0.4) is 0 Å². The highest BCUT2D eigenvalue weighted by Crippen LogP contribution is 2.43. The zero-order chi connectivity index (χ0) is 19.8. The first kappa shape index (κ1) is 19.7. The molecule has 0 radical (unpaired) electrons. The zero-order valence-corrected chi connectivity index (χ0v) is 18.6. The van der Waals surface area contributed by atoms with Crippen molar-refractivity contribution in [3.63, 3.8) is 0 Å². The van der Waals surface area contributed by atoms with Crippen LogP contribution in [-0.2, 0) is 13.0 Å². The molecule has 1 fully saturated rings. The van der Waals surface area contributed by atoms with E-state index >= 15 is 0 Å². The molecule has 2 heterocycles. The van der Waals surface area contributed by atoms with Crippen LogP contribution in [0.2, 0.25) is 0 Å². The Bertz CT molecular complexity index is 854. The SMILES string of the molecule is CCCn1cc2c3c(cccc31)[C@H]1C[C@H](NC(=S)N(CC)CC)CN(C)[C@@H]1C2. The Morgan fingerprint density at radius 1 is 1.25 bits per heavy atom. The van der Waals surface area contributed by atoms with Gasteiger partial charge in [-0.15, -0.1) is 0 Å². The molecule has 4 rings (SSSR count). The van der Waals surface area contributed by atoms with E-state index in [-0.39, 0.29) is 0 Å². The molecule has 1 aliphatic carbocycles. The van der Waals surface area contributed by atoms with Crippen molar-refractivity contribution >= 4 is 28.2 Å². The minimum Gasteiger partial charge on any atom is -0.359 e. The summed E-state index contributed by atoms with van der Waals surface area (Å²) >= 11 is 5.69. The number of hydrogen-bond acceptors (Lipinski definition) is 2. The zero-order valence-electron chi connectivity index (χ0n) is 17.7. The topological polar surface area (TPSA) is 23.4 Å². The summed E-state index contributed by atoms with van der Waals surface area (Å²) in [7, 11) is 2.29. The molecule has 1 saturated heterocycles. The molecule has 0 spiro atoms. The number of piperidine rings is 1. The molecule has 1 aliphatic heterocycles. The van der Waals surface area contributed by atoms with Gasteiger partial charge in [0, 0.05) is 61.3 Å². The third-order valence-corrected chi connectivity index (χ3v) is 7.14. The fraction of sp³-hybridized carbons (Fsp3) is 0.609. The summed E-state index contributed by atoms with van der Waals surface area (Å²) in [6.45, 7) is 10.7. The van der Waals surface area contributed by atoms with Crippen molar-refractivity contribution in [2.24, 2.45) is 0 Å². The van der Waals surface area contributed by atoms with Gasteiger partial charge in [0.25, 0.3) is 0 Å². The van der Waals surface area contributed by atoms with Gasteiger partial charge in [0.15, 0.2) is 5.11 Å². The molecule has 2 aromatic rings. The van der Waals surface area contributed by atoms with Gasteiger partial charge in [0.2, 0.25) is 0 Å². The van der Waals surface area contributed by atoms with Gasteiger partial charge in [-0.3, -0.25) is 0 Å². The molecule has 1 N–H and O–H groups in total. The number of likely N-dealkylation sites (tertiary alicyclic amines) is 1. The average molecular weight is 399 g/mol. The minimum absolute atomic E-state index is 0.411. The first-order valence-corrected chi connectivity index (χ1v) is 11.3. The van der Waals surface area contributed by atoms with E-state index in [1.165, 1.54) is 29.3 Å². The first-order valence-electron chi connectivity index (χ1n) is 10.9. The van der Waals surface area contributed by atoms with Crippen LogP contribution in [0.5, 0.6) is 0 Å². The van der Waals surface area contributed by atoms with Crippen LogP contribution < -0.4 is 5.32 Å². The summed E-state index contributed by atoms with van der Waals surface area (Å²) in [4.78, 5) is 4.81. The van der Waals surface area contributed by atoms with Gasteiger partial charge >= 0.3 is 0 Å². The normalized spacial score (nSPS) is 24.2. The minimum atomic E-state index is 0.411. The van der Waals surface area contributed by atoms with Gasteiger partial charge in [0.1, 0.15) is 0 Å². The Hall–Kier alpha value is -1.59. The van der Waals surface area contributed by atoms with Crippen LogP contribution in [0, 0.1) is 0 Å². The third-order valence-electron chi connectivity index (χ3n) is 6.77. The molecule has 2 aliphatic rings. The maximum atomic E-state index is 5.69. The van der Waals surface area contributed by atoms with Gasteiger partial charge in [-0.05, 0) is 69.6 Å². The third kappa shape index (κ3) is 3.33. The van der Waals surface area contributed by atoms with Gasteiger partial charge in [-0.2, -0.15) is 0 Å². The Morgan fingerprint density at radius 3 is 2.75 bits per heavy atom. The summed E-state index contributed by atoms with van der Waals surface area (Å²) in [6, 6.07) is 7.94. The van der Waals surface area contributed by atoms with Gasteiger partial charge < -0.3 is 19.7 Å². The van der Waals surface area contributed by atoms with E-state index in [2.05, 4.69) is 71.9 Å². The molecule has 28 heavy (non-hydrogen) atoms. The van der Waals surface area contributed by atoms with Gasteiger partial charge in [0.05, 0.1) is 0 Å². The molecule has 1 aromatic heterocycles. The van der Waals surface area contributed by atoms with Crippen molar-refractivity contribution < 1.29 is 0 Å². The number of thiocarbonyl (C=S) groups is 1. The lowest BCUT2D eigenvalue weighted by atomic mass is 9.74. The number of rotatable bonds is 5. The molecule has 0 amide bonds. The molecule has 5 heteroatoms. The lowest BCUT2D eigenvalue weighted by Crippen LogP contribution is -2.56. The maximum absolute atomic E-state index is 5.69. The van der Waals surface area contributed by atoms with Crippen molar-refractivity contribution in [3.05, 3.63) is 35.5 Å². The Balaban J connectivity index is 1.63. The fourth-order valence-corrected chi connectivity index (χ4v) is 5.85. The van der Waals surface area contributed by atoms with Crippen molar-refractivity contribution in [2.45, 2.75) is 64.6 Å². The van der Waals surface area contributed by atoms with E-state index in [1.54, 1.807) is 5.56 Å². The van der Waals surface area contributed by atoms with Crippen molar-refractivity contribution in [3.8, 4) is 0 Å². The van der Waals surface area contributed by atoms with Crippen LogP contribution >= 0.6 is 12.2 Å². The predicted octanol–water partition coefficient (Wildman–Crippen LogP) is 3.98. The predicted molar refractivity (Wildman–Crippen MR) is 122 cm³/mol. The summed E-state index contributed by atoms with van der Waals surface area (Å²) in [6.07, 6.45) is 5.92. The van der Waals surface area contributed by atoms with Crippen LogP contribution in [0.4, 0.5) is 0 Å². The van der Waals surface area contributed by atoms with E-state index in [4.69, 9.17) is 12.2 Å². The van der Waals surface area contributed by atoms with E-state index < -0.39 is 0 Å². The maximum Gasteiger partial charge on any atom is 0.169 e. The quantitative estimate of drug-likeness (QED) is 0.770. The molecule has 3 atom stereocenters. The second-order valence-electron chi connectivity index (χ2n) is 8.46. The molecule has 4 nitrogen and oxygen atoms in total. The average Bonchev–Trinajstić information content (AvgIpc) is 3.03. The van der Waals surface area contributed by atoms with E-state index in [0.717, 1.165) is 37.7 Å². The summed E-state index contributed by atoms with van der Waals surface area (Å²) in [5.74, 6) is 0.574. The van der Waals surface area contributed by atoms with Crippen LogP contribution in [-0.4, -0.2) is 58.2 Å². The van der Waals surface area contributed by atoms with E-state index in [0.29, 0.717) is 18.0 Å². The molecular formula is C23H34N4S. The summed E-state index contributed by atoms with van der Waals surface area (Å²) in [5.41, 5.74) is 4.51. The van der Waals surface area contributed by atoms with Crippen LogP contribution in [0.1, 0.15) is 50.7 Å². The second kappa shape index (κ2) is 8.03. The van der Waals surface area contributed by atoms with E-state index in [9.17, 15) is 0 Å². The second-order valence-corrected chi connectivity index (χ2v) is 8.85. The van der Waals surface area contributed by atoms with Crippen molar-refractivity contribution in [1.29, 1.82) is 0 Å². The monoisotopic (exact) mass is 398 g/mol. The number of fused-ring (bicyclic) bond motifs is 2. The smallest absolute Gasteiger partial charge is 0.169 e. The highest BCUT2D eigenvalue weighted by atomic mass is 32.1. The van der Waals surface area contributed by atoms with Crippen molar-refractivity contribution in [2.75, 3.05) is 26.7 Å². The largest absolute Gasteiger partial charge is 0.359 e. The molecule has 1 aromatic carbocycles. The highest BCUT2D eigenvalue weighted by Gasteiger charge is 2.40. The number of nitrogens with one attached hydrogen (secondary N) is 1. The van der Waals surface area contributed by atoms with Gasteiger partial charge in [-0.25, -0.2) is 0 Å². The van der Waals surface area contributed by atoms with E-state index in [1.807, 2.05) is 0 Å². The number of aryl methyl sites for hydroxylation is 1. The summed E-state index contributed by atoms with van der Waals surface area (Å²) in [5, 5.41) is 6.11. The summed E-state index contributed by atoms with van der Waals surface area (Å²) < 4.78 is 2.47. The Labute approximate surface area is 174 Å². The molecule has 0 saturated carbocycles. The fourth-order valence-electron chi connectivity index (χ4n) is 5.43. The lowest BCUT2D eigenvalue weighted by molar-refractivity contribution is 0.133.